The maximum atomic E-state index is 12.3. The molecule has 2 aliphatic heterocycles. The largest absolute Gasteiger partial charge is 0.493 e. The van der Waals surface area contributed by atoms with Crippen LogP contribution in [-0.2, 0) is 11.3 Å². The molecule has 3 heterocycles. The fourth-order valence-corrected chi connectivity index (χ4v) is 5.26. The number of carbonyl (C=O) groups is 1. The second-order valence-electron chi connectivity index (χ2n) is 9.17. The van der Waals surface area contributed by atoms with Crippen LogP contribution in [0.4, 0.5) is 5.13 Å². The van der Waals surface area contributed by atoms with Gasteiger partial charge >= 0.3 is 5.97 Å². The fourth-order valence-electron chi connectivity index (χ4n) is 4.40. The molecule has 0 amide bonds. The van der Waals surface area contributed by atoms with E-state index in [2.05, 4.69) is 37.2 Å². The van der Waals surface area contributed by atoms with Crippen molar-refractivity contribution in [1.29, 1.82) is 0 Å². The fraction of sp³-hybridized carbons (Fsp3) is 0.500. The zero-order chi connectivity index (χ0) is 28.0. The van der Waals surface area contributed by atoms with Crippen LogP contribution in [0.3, 0.4) is 0 Å². The molecule has 12 nitrogen and oxygen atoms in total. The third-order valence-electron chi connectivity index (χ3n) is 6.32. The first-order chi connectivity index (χ1) is 18.8. The van der Waals surface area contributed by atoms with Crippen molar-refractivity contribution in [3.05, 3.63) is 40.2 Å². The van der Waals surface area contributed by atoms with Crippen molar-refractivity contribution in [3.63, 3.8) is 0 Å². The molecule has 1 aromatic heterocycles. The molecule has 1 atom stereocenters. The normalized spacial score (nSPS) is 19.0. The van der Waals surface area contributed by atoms with Crippen molar-refractivity contribution < 1.29 is 23.7 Å². The lowest BCUT2D eigenvalue weighted by Crippen LogP contribution is -2.53. The number of nitrogens with zero attached hydrogens (tertiary/aromatic N) is 3. The van der Waals surface area contributed by atoms with Gasteiger partial charge in [0.25, 0.3) is 0 Å². The highest BCUT2D eigenvalue weighted by Gasteiger charge is 2.30. The number of aliphatic imine (C=N–C) groups is 1. The molecular weight excluding hydrogens is 522 g/mol. The van der Waals surface area contributed by atoms with Crippen LogP contribution in [0.15, 0.2) is 29.0 Å². The molecule has 4 rings (SSSR count). The minimum atomic E-state index is -0.759. The van der Waals surface area contributed by atoms with E-state index in [1.807, 2.05) is 19.1 Å². The standard InChI is InChI=1S/C26H37N7O5S/c1-7-38-23(34)22-16(2)29-25(39-22)31-24-30-20(33-10-8-27-9-11-33)14-26(3,32-24)28-15-17-12-18(35-4)21(37-6)19(13-17)36-5/h12-14,27-28H,7-11,15H2,1-6H3,(H2,29,30,31,32). The molecule has 0 bridgehead atoms. The molecular formula is C26H37N7O5S. The Morgan fingerprint density at radius 1 is 1.15 bits per heavy atom. The van der Waals surface area contributed by atoms with Crippen LogP contribution in [0.1, 0.15) is 34.8 Å². The summed E-state index contributed by atoms with van der Waals surface area (Å²) in [4.78, 5) is 24.5. The van der Waals surface area contributed by atoms with Crippen molar-refractivity contribution >= 4 is 28.4 Å². The number of hydrogen-bond acceptors (Lipinski definition) is 13. The number of methoxy groups -OCH3 is 3. The van der Waals surface area contributed by atoms with Crippen molar-refractivity contribution in [3.8, 4) is 17.2 Å². The number of aryl methyl sites for hydroxylation is 1. The van der Waals surface area contributed by atoms with Crippen LogP contribution >= 0.6 is 11.3 Å². The van der Waals surface area contributed by atoms with Crippen molar-refractivity contribution in [1.82, 2.24) is 25.8 Å². The molecule has 1 saturated heterocycles. The van der Waals surface area contributed by atoms with E-state index in [-0.39, 0.29) is 5.97 Å². The first kappa shape index (κ1) is 28.5. The number of hydrogen-bond donors (Lipinski definition) is 4. The molecule has 0 radical (unpaired) electrons. The van der Waals surface area contributed by atoms with Gasteiger partial charge in [-0.1, -0.05) is 11.3 Å². The van der Waals surface area contributed by atoms with Crippen LogP contribution in [-0.4, -0.2) is 81.6 Å². The van der Waals surface area contributed by atoms with E-state index in [0.717, 1.165) is 37.6 Å². The van der Waals surface area contributed by atoms with E-state index < -0.39 is 5.66 Å². The van der Waals surface area contributed by atoms with Gasteiger partial charge in [-0.3, -0.25) is 5.32 Å². The predicted octanol–water partition coefficient (Wildman–Crippen LogP) is 2.28. The number of nitrogens with one attached hydrogen (secondary N) is 4. The van der Waals surface area contributed by atoms with Gasteiger partial charge in [0.2, 0.25) is 11.7 Å². The van der Waals surface area contributed by atoms with E-state index in [9.17, 15) is 4.79 Å². The van der Waals surface area contributed by atoms with E-state index >= 15 is 0 Å². The maximum absolute atomic E-state index is 12.3. The summed E-state index contributed by atoms with van der Waals surface area (Å²) in [6, 6.07) is 3.83. The molecule has 0 spiro atoms. The van der Waals surface area contributed by atoms with Crippen LogP contribution in [0.25, 0.3) is 0 Å². The summed E-state index contributed by atoms with van der Waals surface area (Å²) in [6.45, 7) is 9.87. The van der Waals surface area contributed by atoms with Gasteiger partial charge in [0.15, 0.2) is 16.6 Å². The Hall–Kier alpha value is -3.55. The summed E-state index contributed by atoms with van der Waals surface area (Å²) in [6.07, 6.45) is 2.08. The molecule has 0 saturated carbocycles. The Balaban J connectivity index is 1.59. The summed E-state index contributed by atoms with van der Waals surface area (Å²) in [5, 5.41) is 14.2. The van der Waals surface area contributed by atoms with E-state index in [1.165, 1.54) is 11.3 Å². The Morgan fingerprint density at radius 2 is 1.85 bits per heavy atom. The number of carbonyl (C=O) groups excluding carboxylic acids is 1. The van der Waals surface area contributed by atoms with Crippen LogP contribution < -0.4 is 35.5 Å². The predicted molar refractivity (Wildman–Crippen MR) is 151 cm³/mol. The molecule has 212 valence electrons. The summed E-state index contributed by atoms with van der Waals surface area (Å²) in [5.41, 5.74) is 0.795. The van der Waals surface area contributed by atoms with Gasteiger partial charge in [-0.25, -0.2) is 14.8 Å². The Kier molecular flexibility index (Phi) is 9.15. The van der Waals surface area contributed by atoms with Gasteiger partial charge < -0.3 is 39.8 Å². The van der Waals surface area contributed by atoms with Crippen LogP contribution in [0.5, 0.6) is 17.2 Å². The van der Waals surface area contributed by atoms with Gasteiger partial charge in [0, 0.05) is 32.7 Å². The summed E-state index contributed by atoms with van der Waals surface area (Å²) < 4.78 is 21.7. The number of ether oxygens (including phenoxy) is 4. The summed E-state index contributed by atoms with van der Waals surface area (Å²) in [5.74, 6) is 2.80. The number of aromatic nitrogens is 1. The minimum Gasteiger partial charge on any atom is -0.493 e. The Labute approximate surface area is 232 Å². The number of benzene rings is 1. The molecule has 4 N–H and O–H groups in total. The molecule has 2 aromatic rings. The first-order valence-corrected chi connectivity index (χ1v) is 13.6. The van der Waals surface area contributed by atoms with E-state index in [4.69, 9.17) is 23.9 Å². The molecule has 1 aromatic carbocycles. The van der Waals surface area contributed by atoms with Gasteiger partial charge in [0.05, 0.1) is 33.6 Å². The lowest BCUT2D eigenvalue weighted by molar-refractivity contribution is 0.0531. The van der Waals surface area contributed by atoms with Gasteiger partial charge in [0.1, 0.15) is 16.4 Å². The Bertz CT molecular complexity index is 1220. The van der Waals surface area contributed by atoms with Crippen molar-refractivity contribution in [2.45, 2.75) is 33.0 Å². The first-order valence-electron chi connectivity index (χ1n) is 12.8. The molecule has 13 heteroatoms. The van der Waals surface area contributed by atoms with E-state index in [0.29, 0.717) is 52.1 Å². The summed E-state index contributed by atoms with van der Waals surface area (Å²) >= 11 is 1.24. The number of anilines is 1. The SMILES string of the molecule is CCOC(=O)c1sc(NC2=NC(C)(NCc3cc(OC)c(OC)c(OC)c3)C=C(N3CCNCC3)N2)nc1C. The van der Waals surface area contributed by atoms with Gasteiger partial charge in [-0.2, -0.15) is 0 Å². The van der Waals surface area contributed by atoms with Crippen molar-refractivity contribution in [2.75, 3.05) is 59.4 Å². The second-order valence-corrected chi connectivity index (χ2v) is 10.2. The lowest BCUT2D eigenvalue weighted by Gasteiger charge is -2.37. The summed E-state index contributed by atoms with van der Waals surface area (Å²) in [7, 11) is 4.78. The highest BCUT2D eigenvalue weighted by molar-refractivity contribution is 7.17. The quantitative estimate of drug-likeness (QED) is 0.320. The Morgan fingerprint density at radius 3 is 2.46 bits per heavy atom. The molecule has 1 fully saturated rings. The second kappa shape index (κ2) is 12.5. The number of piperazine rings is 1. The average molecular weight is 560 g/mol. The van der Waals surface area contributed by atoms with Crippen LogP contribution in [0.2, 0.25) is 0 Å². The number of guanidine groups is 1. The zero-order valence-corrected chi connectivity index (χ0v) is 24.1. The van der Waals surface area contributed by atoms with E-state index in [1.54, 1.807) is 35.2 Å². The third kappa shape index (κ3) is 6.72. The average Bonchev–Trinajstić information content (AvgIpc) is 3.31. The highest BCUT2D eigenvalue weighted by Crippen LogP contribution is 2.38. The molecule has 1 unspecified atom stereocenters. The lowest BCUT2D eigenvalue weighted by atomic mass is 10.1. The molecule has 2 aliphatic rings. The topological polar surface area (TPSA) is 131 Å². The van der Waals surface area contributed by atoms with Crippen molar-refractivity contribution in [2.24, 2.45) is 4.99 Å². The zero-order valence-electron chi connectivity index (χ0n) is 23.3. The third-order valence-corrected chi connectivity index (χ3v) is 7.38. The van der Waals surface area contributed by atoms with Crippen LogP contribution in [0, 0.1) is 6.92 Å². The number of esters is 1. The monoisotopic (exact) mass is 559 g/mol. The molecule has 0 aliphatic carbocycles. The van der Waals surface area contributed by atoms with Gasteiger partial charge in [-0.15, -0.1) is 0 Å². The highest BCUT2D eigenvalue weighted by atomic mass is 32.1. The molecule has 39 heavy (non-hydrogen) atoms. The number of rotatable bonds is 10. The maximum Gasteiger partial charge on any atom is 0.350 e. The smallest absolute Gasteiger partial charge is 0.350 e. The minimum absolute atomic E-state index is 0.308. The van der Waals surface area contributed by atoms with Gasteiger partial charge in [-0.05, 0) is 44.5 Å². The number of thiazole rings is 1.